The van der Waals surface area contributed by atoms with Crippen molar-refractivity contribution >= 4 is 26.7 Å². The maximum atomic E-state index is 9.97. The normalized spacial score (nSPS) is 10.8. The Morgan fingerprint density at radius 3 is 2.58 bits per heavy atom. The van der Waals surface area contributed by atoms with Crippen molar-refractivity contribution in [3.8, 4) is 17.0 Å². The lowest BCUT2D eigenvalue weighted by Crippen LogP contribution is -1.94. The highest BCUT2D eigenvalue weighted by Crippen LogP contribution is 2.33. The van der Waals surface area contributed by atoms with Gasteiger partial charge >= 0.3 is 0 Å². The number of fused-ring (bicyclic) bond motifs is 1. The highest BCUT2D eigenvalue weighted by atomic mass is 79.9. The van der Waals surface area contributed by atoms with E-state index in [4.69, 9.17) is 0 Å². The minimum Gasteiger partial charge on any atom is -0.507 e. The van der Waals surface area contributed by atoms with Gasteiger partial charge in [-0.15, -0.1) is 5.10 Å². The average molecular weight is 315 g/mol. The SMILES string of the molecule is Cc1nnc(-c2ccccc2O)c2ccc(Br)cc12. The minimum absolute atomic E-state index is 0.213. The summed E-state index contributed by atoms with van der Waals surface area (Å²) < 4.78 is 0.999. The molecule has 2 aromatic carbocycles. The summed E-state index contributed by atoms with van der Waals surface area (Å²) in [7, 11) is 0. The summed E-state index contributed by atoms with van der Waals surface area (Å²) in [5, 5.41) is 20.4. The lowest BCUT2D eigenvalue weighted by atomic mass is 10.0. The summed E-state index contributed by atoms with van der Waals surface area (Å²) in [5.74, 6) is 0.213. The molecule has 19 heavy (non-hydrogen) atoms. The Bertz CT molecular complexity index is 771. The summed E-state index contributed by atoms with van der Waals surface area (Å²) in [6, 6.07) is 13.1. The van der Waals surface area contributed by atoms with Gasteiger partial charge in [0.2, 0.25) is 0 Å². The minimum atomic E-state index is 0.213. The fourth-order valence-corrected chi connectivity index (χ4v) is 2.49. The Morgan fingerprint density at radius 1 is 1.00 bits per heavy atom. The summed E-state index contributed by atoms with van der Waals surface area (Å²) in [6.45, 7) is 1.93. The van der Waals surface area contributed by atoms with Gasteiger partial charge in [-0.1, -0.05) is 34.1 Å². The Morgan fingerprint density at radius 2 is 1.79 bits per heavy atom. The maximum Gasteiger partial charge on any atom is 0.125 e. The number of benzene rings is 2. The highest BCUT2D eigenvalue weighted by Gasteiger charge is 2.12. The fourth-order valence-electron chi connectivity index (χ4n) is 2.13. The van der Waals surface area contributed by atoms with Crippen molar-refractivity contribution in [1.82, 2.24) is 10.2 Å². The molecular weight excluding hydrogens is 304 g/mol. The van der Waals surface area contributed by atoms with Crippen molar-refractivity contribution in [3.05, 3.63) is 52.6 Å². The maximum absolute atomic E-state index is 9.97. The number of phenols is 1. The lowest BCUT2D eigenvalue weighted by molar-refractivity contribution is 0.477. The van der Waals surface area contributed by atoms with Crippen molar-refractivity contribution in [2.24, 2.45) is 0 Å². The second-order valence-corrected chi connectivity index (χ2v) is 5.26. The molecule has 0 aliphatic rings. The van der Waals surface area contributed by atoms with Crippen molar-refractivity contribution in [1.29, 1.82) is 0 Å². The van der Waals surface area contributed by atoms with E-state index in [1.165, 1.54) is 0 Å². The number of halogens is 1. The van der Waals surface area contributed by atoms with Crippen LogP contribution < -0.4 is 0 Å². The zero-order chi connectivity index (χ0) is 13.4. The lowest BCUT2D eigenvalue weighted by Gasteiger charge is -2.08. The van der Waals surface area contributed by atoms with Gasteiger partial charge in [0.25, 0.3) is 0 Å². The van der Waals surface area contributed by atoms with Crippen molar-refractivity contribution in [2.75, 3.05) is 0 Å². The van der Waals surface area contributed by atoms with E-state index in [-0.39, 0.29) is 5.75 Å². The summed E-state index contributed by atoms with van der Waals surface area (Å²) >= 11 is 3.46. The van der Waals surface area contributed by atoms with Crippen LogP contribution in [-0.4, -0.2) is 15.3 Å². The molecule has 0 aliphatic heterocycles. The van der Waals surface area contributed by atoms with Gasteiger partial charge in [0.1, 0.15) is 11.4 Å². The molecule has 0 saturated heterocycles. The number of hydrogen-bond acceptors (Lipinski definition) is 3. The Kier molecular flexibility index (Phi) is 2.95. The van der Waals surface area contributed by atoms with Crippen molar-refractivity contribution < 1.29 is 5.11 Å². The van der Waals surface area contributed by atoms with Crippen molar-refractivity contribution in [3.63, 3.8) is 0 Å². The molecule has 3 nitrogen and oxygen atoms in total. The third-order valence-electron chi connectivity index (χ3n) is 3.09. The van der Waals surface area contributed by atoms with Gasteiger partial charge in [0, 0.05) is 20.8 Å². The average Bonchev–Trinajstić information content (AvgIpc) is 2.41. The molecule has 0 aliphatic carbocycles. The van der Waals surface area contributed by atoms with Crippen LogP contribution in [0.2, 0.25) is 0 Å². The van der Waals surface area contributed by atoms with Gasteiger partial charge in [-0.2, -0.15) is 5.10 Å². The van der Waals surface area contributed by atoms with Crippen LogP contribution in [0.1, 0.15) is 5.69 Å². The van der Waals surface area contributed by atoms with Crippen LogP contribution >= 0.6 is 15.9 Å². The molecule has 0 amide bonds. The molecule has 0 fully saturated rings. The molecule has 94 valence electrons. The second kappa shape index (κ2) is 4.63. The largest absolute Gasteiger partial charge is 0.507 e. The van der Waals surface area contributed by atoms with Gasteiger partial charge in [-0.3, -0.25) is 0 Å². The number of hydrogen-bond donors (Lipinski definition) is 1. The number of aryl methyl sites for hydroxylation is 1. The van der Waals surface area contributed by atoms with Crippen LogP contribution in [0.5, 0.6) is 5.75 Å². The fraction of sp³-hybridized carbons (Fsp3) is 0.0667. The van der Waals surface area contributed by atoms with E-state index in [1.807, 2.05) is 37.3 Å². The highest BCUT2D eigenvalue weighted by molar-refractivity contribution is 9.10. The van der Waals surface area contributed by atoms with Gasteiger partial charge in [-0.25, -0.2) is 0 Å². The summed E-state index contributed by atoms with van der Waals surface area (Å²) in [6.07, 6.45) is 0. The third-order valence-corrected chi connectivity index (χ3v) is 3.58. The Labute approximate surface area is 119 Å². The van der Waals surface area contributed by atoms with E-state index in [1.54, 1.807) is 12.1 Å². The van der Waals surface area contributed by atoms with Gasteiger partial charge in [0.05, 0.1) is 5.69 Å². The van der Waals surface area contributed by atoms with E-state index >= 15 is 0 Å². The molecule has 0 unspecified atom stereocenters. The van der Waals surface area contributed by atoms with E-state index in [0.29, 0.717) is 11.3 Å². The zero-order valence-electron chi connectivity index (χ0n) is 10.3. The first-order valence-electron chi connectivity index (χ1n) is 5.88. The van der Waals surface area contributed by atoms with Gasteiger partial charge in [-0.05, 0) is 31.2 Å². The molecule has 1 aromatic heterocycles. The molecule has 0 spiro atoms. The smallest absolute Gasteiger partial charge is 0.125 e. The van der Waals surface area contributed by atoms with Crippen LogP contribution in [0.15, 0.2) is 46.9 Å². The topological polar surface area (TPSA) is 46.0 Å². The molecule has 4 heteroatoms. The molecule has 0 radical (unpaired) electrons. The molecular formula is C15H11BrN2O. The first-order chi connectivity index (χ1) is 9.16. The predicted molar refractivity (Wildman–Crippen MR) is 79.1 cm³/mol. The number of rotatable bonds is 1. The number of para-hydroxylation sites is 1. The number of phenolic OH excluding ortho intramolecular Hbond substituents is 1. The van der Waals surface area contributed by atoms with E-state index < -0.39 is 0 Å². The zero-order valence-corrected chi connectivity index (χ0v) is 11.8. The van der Waals surface area contributed by atoms with E-state index in [9.17, 15) is 5.11 Å². The standard InChI is InChI=1S/C15H11BrN2O/c1-9-13-8-10(16)6-7-11(13)15(18-17-9)12-4-2-3-5-14(12)19/h2-8,19H,1H3. The Balaban J connectivity index is 2.37. The van der Waals surface area contributed by atoms with Crippen LogP contribution in [-0.2, 0) is 0 Å². The first kappa shape index (κ1) is 12.1. The molecule has 0 atom stereocenters. The second-order valence-electron chi connectivity index (χ2n) is 4.34. The number of aromatic nitrogens is 2. The molecule has 1 heterocycles. The monoisotopic (exact) mass is 314 g/mol. The van der Waals surface area contributed by atoms with Crippen molar-refractivity contribution in [2.45, 2.75) is 6.92 Å². The third kappa shape index (κ3) is 2.08. The molecule has 0 bridgehead atoms. The summed E-state index contributed by atoms with van der Waals surface area (Å²) in [4.78, 5) is 0. The van der Waals surface area contributed by atoms with Crippen LogP contribution in [0.4, 0.5) is 0 Å². The van der Waals surface area contributed by atoms with Crippen LogP contribution in [0.3, 0.4) is 0 Å². The molecule has 3 rings (SSSR count). The molecule has 3 aromatic rings. The molecule has 1 N–H and O–H groups in total. The summed E-state index contributed by atoms with van der Waals surface area (Å²) in [5.41, 5.74) is 2.27. The predicted octanol–water partition coefficient (Wildman–Crippen LogP) is 4.07. The van der Waals surface area contributed by atoms with Crippen LogP contribution in [0, 0.1) is 6.92 Å². The van der Waals surface area contributed by atoms with E-state index in [0.717, 1.165) is 20.9 Å². The number of nitrogens with zero attached hydrogens (tertiary/aromatic N) is 2. The van der Waals surface area contributed by atoms with Gasteiger partial charge < -0.3 is 5.11 Å². The quantitative estimate of drug-likeness (QED) is 0.736. The van der Waals surface area contributed by atoms with E-state index in [2.05, 4.69) is 26.1 Å². The van der Waals surface area contributed by atoms with Crippen LogP contribution in [0.25, 0.3) is 22.0 Å². The molecule has 0 saturated carbocycles. The Hall–Kier alpha value is -1.94. The number of aromatic hydroxyl groups is 1. The first-order valence-corrected chi connectivity index (χ1v) is 6.67. The van der Waals surface area contributed by atoms with Gasteiger partial charge in [0.15, 0.2) is 0 Å².